The van der Waals surface area contributed by atoms with Crippen molar-refractivity contribution in [3.63, 3.8) is 0 Å². The number of benzene rings is 1. The zero-order valence-electron chi connectivity index (χ0n) is 15.3. The van der Waals surface area contributed by atoms with Crippen molar-refractivity contribution in [2.75, 3.05) is 65.1 Å². The van der Waals surface area contributed by atoms with Gasteiger partial charge < -0.3 is 25.0 Å². The van der Waals surface area contributed by atoms with E-state index in [2.05, 4.69) is 27.9 Å². The molecule has 25 heavy (non-hydrogen) atoms. The smallest absolute Gasteiger partial charge is 0.191 e. The zero-order valence-corrected chi connectivity index (χ0v) is 16.1. The van der Waals surface area contributed by atoms with Crippen molar-refractivity contribution < 1.29 is 9.47 Å². The number of nitrogens with zero attached hydrogens (tertiary/aromatic N) is 3. The zero-order chi connectivity index (χ0) is 17.9. The van der Waals surface area contributed by atoms with Crippen LogP contribution in [0.25, 0.3) is 0 Å². The summed E-state index contributed by atoms with van der Waals surface area (Å²) in [6.07, 6.45) is 0. The third kappa shape index (κ3) is 7.54. The van der Waals surface area contributed by atoms with Gasteiger partial charge in [0.2, 0.25) is 0 Å². The summed E-state index contributed by atoms with van der Waals surface area (Å²) in [7, 11) is 3.78. The minimum Gasteiger partial charge on any atom is -0.492 e. The molecule has 0 aromatic heterocycles. The van der Waals surface area contributed by atoms with Gasteiger partial charge in [0, 0.05) is 44.8 Å². The summed E-state index contributed by atoms with van der Waals surface area (Å²) in [5.74, 6) is 3.77. The molecule has 6 nitrogen and oxygen atoms in total. The predicted molar refractivity (Wildman–Crippen MR) is 106 cm³/mol. The second-order valence-corrected chi connectivity index (χ2v) is 7.29. The molecule has 0 saturated carbocycles. The van der Waals surface area contributed by atoms with Crippen LogP contribution in [0.15, 0.2) is 29.3 Å². The number of likely N-dealkylation sites (N-methyl/N-ethyl adjacent to an activating group) is 1. The van der Waals surface area contributed by atoms with Gasteiger partial charge in [0.05, 0.1) is 13.2 Å². The van der Waals surface area contributed by atoms with Crippen LogP contribution in [0.3, 0.4) is 0 Å². The van der Waals surface area contributed by atoms with E-state index in [1.54, 1.807) is 7.11 Å². The fourth-order valence-electron chi connectivity index (χ4n) is 2.48. The van der Waals surface area contributed by atoms with Gasteiger partial charge in [0.1, 0.15) is 12.4 Å². The summed E-state index contributed by atoms with van der Waals surface area (Å²) in [4.78, 5) is 8.88. The number of thioether (sulfide) groups is 1. The van der Waals surface area contributed by atoms with E-state index >= 15 is 0 Å². The Morgan fingerprint density at radius 2 is 2.04 bits per heavy atom. The number of rotatable bonds is 9. The van der Waals surface area contributed by atoms with Gasteiger partial charge >= 0.3 is 0 Å². The Hall–Kier alpha value is -1.44. The molecule has 0 spiro atoms. The molecule has 1 aromatic rings. The van der Waals surface area contributed by atoms with Crippen molar-refractivity contribution in [1.82, 2.24) is 9.80 Å². The molecule has 1 aliphatic rings. The highest BCUT2D eigenvalue weighted by molar-refractivity contribution is 7.99. The maximum absolute atomic E-state index is 6.11. The molecule has 1 aromatic carbocycles. The Bertz CT molecular complexity index is 536. The monoisotopic (exact) mass is 366 g/mol. The average molecular weight is 367 g/mol. The molecule has 1 fully saturated rings. The highest BCUT2D eigenvalue weighted by atomic mass is 32.2. The molecule has 140 valence electrons. The first-order chi connectivity index (χ1) is 12.2. The minimum atomic E-state index is 0.584. The lowest BCUT2D eigenvalue weighted by molar-refractivity contribution is 0.150. The van der Waals surface area contributed by atoms with Gasteiger partial charge in [0.25, 0.3) is 0 Å². The molecule has 1 saturated heterocycles. The molecule has 0 bridgehead atoms. The summed E-state index contributed by atoms with van der Waals surface area (Å²) < 4.78 is 10.9. The van der Waals surface area contributed by atoms with Crippen molar-refractivity contribution in [1.29, 1.82) is 0 Å². The molecule has 1 heterocycles. The third-order valence-electron chi connectivity index (χ3n) is 4.08. The summed E-state index contributed by atoms with van der Waals surface area (Å²) >= 11 is 1.97. The Morgan fingerprint density at radius 3 is 2.80 bits per heavy atom. The van der Waals surface area contributed by atoms with Crippen LogP contribution in [0.4, 0.5) is 0 Å². The van der Waals surface area contributed by atoms with Gasteiger partial charge in [-0.3, -0.25) is 0 Å². The first-order valence-electron chi connectivity index (χ1n) is 8.71. The number of aliphatic imine (C=N–C) groups is 1. The largest absolute Gasteiger partial charge is 0.492 e. The number of hydrogen-bond acceptors (Lipinski definition) is 5. The molecule has 7 heteroatoms. The second kappa shape index (κ2) is 11.2. The number of ether oxygens (including phenoxy) is 2. The van der Waals surface area contributed by atoms with Crippen molar-refractivity contribution in [2.24, 2.45) is 10.7 Å². The van der Waals surface area contributed by atoms with Crippen molar-refractivity contribution in [2.45, 2.75) is 6.54 Å². The van der Waals surface area contributed by atoms with Crippen LogP contribution in [0.2, 0.25) is 0 Å². The van der Waals surface area contributed by atoms with Gasteiger partial charge in [-0.25, -0.2) is 4.99 Å². The molecular formula is C18H30N4O2S. The number of methoxy groups -OCH3 is 1. The standard InChI is InChI=1S/C18H30N4O2S/c1-21(6-10-23-2)7-11-24-17-5-3-4-16(14-17)15-20-18(19)22-8-12-25-13-9-22/h3-5,14H,6-13,15H2,1-2H3,(H2,19,20). The summed E-state index contributed by atoms with van der Waals surface area (Å²) in [6.45, 7) is 5.72. The number of nitrogens with two attached hydrogens (primary N) is 1. The van der Waals surface area contributed by atoms with E-state index in [1.807, 2.05) is 30.0 Å². The van der Waals surface area contributed by atoms with E-state index in [0.717, 1.165) is 55.6 Å². The van der Waals surface area contributed by atoms with E-state index in [-0.39, 0.29) is 0 Å². The van der Waals surface area contributed by atoms with Gasteiger partial charge in [-0.15, -0.1) is 0 Å². The van der Waals surface area contributed by atoms with Crippen molar-refractivity contribution in [3.8, 4) is 5.75 Å². The van der Waals surface area contributed by atoms with Gasteiger partial charge in [-0.2, -0.15) is 11.8 Å². The highest BCUT2D eigenvalue weighted by Gasteiger charge is 2.11. The molecule has 0 radical (unpaired) electrons. The fraction of sp³-hybridized carbons (Fsp3) is 0.611. The van der Waals surface area contributed by atoms with Crippen LogP contribution >= 0.6 is 11.8 Å². The molecule has 0 aliphatic carbocycles. The van der Waals surface area contributed by atoms with E-state index in [1.165, 1.54) is 0 Å². The van der Waals surface area contributed by atoms with Crippen LogP contribution in [-0.4, -0.2) is 80.8 Å². The lowest BCUT2D eigenvalue weighted by atomic mass is 10.2. The van der Waals surface area contributed by atoms with Gasteiger partial charge in [0.15, 0.2) is 5.96 Å². The summed E-state index contributed by atoms with van der Waals surface area (Å²) in [6, 6.07) is 8.08. The molecule has 1 aliphatic heterocycles. The van der Waals surface area contributed by atoms with E-state index in [4.69, 9.17) is 15.2 Å². The second-order valence-electron chi connectivity index (χ2n) is 6.07. The molecule has 2 N–H and O–H groups in total. The summed E-state index contributed by atoms with van der Waals surface area (Å²) in [5.41, 5.74) is 7.22. The maximum atomic E-state index is 6.11. The Balaban J connectivity index is 1.78. The first kappa shape index (κ1) is 19.9. The molecule has 0 atom stereocenters. The molecule has 2 rings (SSSR count). The highest BCUT2D eigenvalue weighted by Crippen LogP contribution is 2.14. The molecule has 0 unspecified atom stereocenters. The third-order valence-corrected chi connectivity index (χ3v) is 5.02. The van der Waals surface area contributed by atoms with Crippen LogP contribution in [0.1, 0.15) is 5.56 Å². The van der Waals surface area contributed by atoms with Crippen molar-refractivity contribution in [3.05, 3.63) is 29.8 Å². The molecule has 0 amide bonds. The first-order valence-corrected chi connectivity index (χ1v) is 9.86. The minimum absolute atomic E-state index is 0.584. The van der Waals surface area contributed by atoms with Gasteiger partial charge in [-0.05, 0) is 24.7 Å². The Morgan fingerprint density at radius 1 is 1.28 bits per heavy atom. The fourth-order valence-corrected chi connectivity index (χ4v) is 3.38. The van der Waals surface area contributed by atoms with Crippen LogP contribution in [0.5, 0.6) is 5.75 Å². The SMILES string of the molecule is COCCN(C)CCOc1cccc(CN=C(N)N2CCSCC2)c1. The average Bonchev–Trinajstić information content (AvgIpc) is 2.65. The van der Waals surface area contributed by atoms with Crippen molar-refractivity contribution >= 4 is 17.7 Å². The summed E-state index contributed by atoms with van der Waals surface area (Å²) in [5, 5.41) is 0. The Labute approximate surface area is 155 Å². The van der Waals surface area contributed by atoms with E-state index in [0.29, 0.717) is 19.1 Å². The predicted octanol–water partition coefficient (Wildman–Crippen LogP) is 1.51. The van der Waals surface area contributed by atoms with E-state index < -0.39 is 0 Å². The number of hydrogen-bond donors (Lipinski definition) is 1. The quantitative estimate of drug-likeness (QED) is 0.528. The number of guanidine groups is 1. The van der Waals surface area contributed by atoms with E-state index in [9.17, 15) is 0 Å². The van der Waals surface area contributed by atoms with Crippen LogP contribution < -0.4 is 10.5 Å². The molecular weight excluding hydrogens is 336 g/mol. The van der Waals surface area contributed by atoms with Crippen LogP contribution in [-0.2, 0) is 11.3 Å². The normalized spacial score (nSPS) is 15.6. The maximum Gasteiger partial charge on any atom is 0.191 e. The van der Waals surface area contributed by atoms with Crippen LogP contribution in [0, 0.1) is 0 Å². The topological polar surface area (TPSA) is 63.3 Å². The van der Waals surface area contributed by atoms with Gasteiger partial charge in [-0.1, -0.05) is 12.1 Å². The lowest BCUT2D eigenvalue weighted by Gasteiger charge is -2.27. The lowest BCUT2D eigenvalue weighted by Crippen LogP contribution is -2.42. The Kier molecular flexibility index (Phi) is 8.93.